The van der Waals surface area contributed by atoms with Crippen LogP contribution in [-0.4, -0.2) is 34.7 Å². The number of rotatable bonds is 4. The number of fused-ring (bicyclic) bond motifs is 1. The Morgan fingerprint density at radius 2 is 1.95 bits per heavy atom. The maximum absolute atomic E-state index is 12.0. The van der Waals surface area contributed by atoms with E-state index in [4.69, 9.17) is 10.2 Å². The van der Waals surface area contributed by atoms with Gasteiger partial charge in [-0.2, -0.15) is 0 Å². The van der Waals surface area contributed by atoms with Crippen LogP contribution < -0.4 is 5.32 Å². The van der Waals surface area contributed by atoms with Gasteiger partial charge in [0.05, 0.1) is 11.4 Å². The van der Waals surface area contributed by atoms with Crippen LogP contribution in [0.25, 0.3) is 0 Å². The van der Waals surface area contributed by atoms with E-state index in [2.05, 4.69) is 5.32 Å². The Morgan fingerprint density at radius 3 is 2.65 bits per heavy atom. The molecule has 2 rings (SSSR count). The van der Waals surface area contributed by atoms with Crippen LogP contribution >= 0.6 is 11.3 Å². The summed E-state index contributed by atoms with van der Waals surface area (Å²) in [5.74, 6) is -1.63. The van der Waals surface area contributed by atoms with Gasteiger partial charge in [0.25, 0.3) is 5.91 Å². The number of thiophene rings is 1. The molecule has 20 heavy (non-hydrogen) atoms. The maximum Gasteiger partial charge on any atom is 0.334 e. The van der Waals surface area contributed by atoms with Gasteiger partial charge >= 0.3 is 5.97 Å². The van der Waals surface area contributed by atoms with Gasteiger partial charge in [-0.1, -0.05) is 12.8 Å². The first-order chi connectivity index (χ1) is 9.58. The molecule has 6 heteroatoms. The Labute approximate surface area is 121 Å². The smallest absolute Gasteiger partial charge is 0.334 e. The number of amides is 1. The van der Waals surface area contributed by atoms with E-state index < -0.39 is 12.1 Å². The molecule has 0 bridgehead atoms. The number of hydrogen-bond donors (Lipinski definition) is 3. The van der Waals surface area contributed by atoms with Crippen molar-refractivity contribution in [3.63, 3.8) is 0 Å². The molecule has 0 aliphatic heterocycles. The molecular formula is C14H19NO4S. The van der Waals surface area contributed by atoms with Crippen molar-refractivity contribution in [2.24, 2.45) is 0 Å². The van der Waals surface area contributed by atoms with E-state index in [0.717, 1.165) is 25.7 Å². The van der Waals surface area contributed by atoms with Gasteiger partial charge in [0.2, 0.25) is 0 Å². The lowest BCUT2D eigenvalue weighted by atomic mass is 10.00. The molecule has 0 aromatic carbocycles. The standard InChI is InChI=1S/C14H19NO4S/c16-10(14(18)19)8-15-13(17)12-7-9-5-3-1-2-4-6-11(9)20-12/h7,10,16H,1-6,8H2,(H,15,17)(H,18,19)/t10-/m0/s1. The maximum atomic E-state index is 12.0. The molecule has 0 saturated carbocycles. The third-order valence-corrected chi connectivity index (χ3v) is 4.70. The van der Waals surface area contributed by atoms with Crippen LogP contribution in [0.15, 0.2) is 6.07 Å². The number of aryl methyl sites for hydroxylation is 2. The average molecular weight is 297 g/mol. The van der Waals surface area contributed by atoms with E-state index in [1.807, 2.05) is 6.07 Å². The Balaban J connectivity index is 1.99. The lowest BCUT2D eigenvalue weighted by molar-refractivity contribution is -0.146. The van der Waals surface area contributed by atoms with Crippen molar-refractivity contribution in [3.8, 4) is 0 Å². The van der Waals surface area contributed by atoms with Gasteiger partial charge in [0.15, 0.2) is 6.10 Å². The minimum absolute atomic E-state index is 0.267. The van der Waals surface area contributed by atoms with E-state index in [1.54, 1.807) is 0 Å². The third-order valence-electron chi connectivity index (χ3n) is 3.46. The summed E-state index contributed by atoms with van der Waals surface area (Å²) in [5, 5.41) is 20.2. The predicted octanol–water partition coefficient (Wildman–Crippen LogP) is 1.58. The first-order valence-electron chi connectivity index (χ1n) is 6.88. The minimum Gasteiger partial charge on any atom is -0.479 e. The van der Waals surface area contributed by atoms with E-state index in [-0.39, 0.29) is 12.5 Å². The molecular weight excluding hydrogens is 278 g/mol. The number of aliphatic hydroxyl groups excluding tert-OH is 1. The summed E-state index contributed by atoms with van der Waals surface area (Å²) in [4.78, 5) is 24.3. The highest BCUT2D eigenvalue weighted by Gasteiger charge is 2.18. The average Bonchev–Trinajstić information content (AvgIpc) is 2.78. The molecule has 0 radical (unpaired) electrons. The fourth-order valence-corrected chi connectivity index (χ4v) is 3.49. The SMILES string of the molecule is O=C(NC[C@H](O)C(=O)O)c1cc2c(s1)CCCCCC2. The van der Waals surface area contributed by atoms with E-state index >= 15 is 0 Å². The number of carbonyl (C=O) groups excluding carboxylic acids is 1. The van der Waals surface area contributed by atoms with Crippen LogP contribution in [0.3, 0.4) is 0 Å². The highest BCUT2D eigenvalue weighted by atomic mass is 32.1. The molecule has 1 aliphatic rings. The molecule has 1 amide bonds. The number of carbonyl (C=O) groups is 2. The van der Waals surface area contributed by atoms with Crippen LogP contribution in [0.2, 0.25) is 0 Å². The van der Waals surface area contributed by atoms with Crippen molar-refractivity contribution in [3.05, 3.63) is 21.4 Å². The Bertz CT molecular complexity index is 472. The van der Waals surface area contributed by atoms with Gasteiger partial charge in [-0.15, -0.1) is 11.3 Å². The number of hydrogen-bond acceptors (Lipinski definition) is 4. The second-order valence-corrected chi connectivity index (χ2v) is 6.17. The van der Waals surface area contributed by atoms with Crippen LogP contribution in [0.4, 0.5) is 0 Å². The molecule has 1 aromatic rings. The lowest BCUT2D eigenvalue weighted by Gasteiger charge is -2.07. The van der Waals surface area contributed by atoms with Crippen molar-refractivity contribution < 1.29 is 19.8 Å². The topological polar surface area (TPSA) is 86.6 Å². The van der Waals surface area contributed by atoms with Crippen LogP contribution in [-0.2, 0) is 17.6 Å². The zero-order valence-corrected chi connectivity index (χ0v) is 12.0. The van der Waals surface area contributed by atoms with E-state index in [1.165, 1.54) is 34.6 Å². The van der Waals surface area contributed by atoms with Gasteiger partial charge in [0, 0.05) is 4.88 Å². The highest BCUT2D eigenvalue weighted by molar-refractivity contribution is 7.14. The fraction of sp³-hybridized carbons (Fsp3) is 0.571. The summed E-state index contributed by atoms with van der Waals surface area (Å²) < 4.78 is 0. The Morgan fingerprint density at radius 1 is 1.25 bits per heavy atom. The molecule has 110 valence electrons. The fourth-order valence-electron chi connectivity index (χ4n) is 2.32. The van der Waals surface area contributed by atoms with Crippen molar-refractivity contribution in [2.75, 3.05) is 6.54 Å². The molecule has 1 heterocycles. The summed E-state index contributed by atoms with van der Waals surface area (Å²) in [5.41, 5.74) is 1.25. The molecule has 0 spiro atoms. The van der Waals surface area contributed by atoms with E-state index in [0.29, 0.717) is 4.88 Å². The Kier molecular flexibility index (Phi) is 5.14. The number of aliphatic hydroxyl groups is 1. The quantitative estimate of drug-likeness (QED) is 0.787. The zero-order chi connectivity index (χ0) is 14.5. The molecule has 5 nitrogen and oxygen atoms in total. The second kappa shape index (κ2) is 6.85. The van der Waals surface area contributed by atoms with Gasteiger partial charge < -0.3 is 15.5 Å². The first-order valence-corrected chi connectivity index (χ1v) is 7.70. The van der Waals surface area contributed by atoms with Gasteiger partial charge in [0.1, 0.15) is 0 Å². The summed E-state index contributed by atoms with van der Waals surface area (Å²) in [6, 6.07) is 1.91. The molecule has 1 aromatic heterocycles. The summed E-state index contributed by atoms with van der Waals surface area (Å²) >= 11 is 1.48. The summed E-state index contributed by atoms with van der Waals surface area (Å²) in [6.45, 7) is -0.267. The van der Waals surface area contributed by atoms with Crippen molar-refractivity contribution in [1.82, 2.24) is 5.32 Å². The molecule has 1 atom stereocenters. The van der Waals surface area contributed by atoms with Crippen molar-refractivity contribution >= 4 is 23.2 Å². The van der Waals surface area contributed by atoms with Gasteiger partial charge in [-0.05, 0) is 37.3 Å². The first kappa shape index (κ1) is 15.0. The number of carboxylic acid groups (broad SMARTS) is 1. The summed E-state index contributed by atoms with van der Waals surface area (Å²) in [6.07, 6.45) is 5.27. The zero-order valence-electron chi connectivity index (χ0n) is 11.2. The van der Waals surface area contributed by atoms with Crippen LogP contribution in [0, 0.1) is 0 Å². The molecule has 0 saturated heterocycles. The highest BCUT2D eigenvalue weighted by Crippen LogP contribution is 2.28. The Hall–Kier alpha value is -1.40. The largest absolute Gasteiger partial charge is 0.479 e. The third kappa shape index (κ3) is 3.80. The number of nitrogens with one attached hydrogen (secondary N) is 1. The monoisotopic (exact) mass is 297 g/mol. The normalized spacial score (nSPS) is 16.6. The van der Waals surface area contributed by atoms with Crippen molar-refractivity contribution in [1.29, 1.82) is 0 Å². The minimum atomic E-state index is -1.56. The number of aliphatic carboxylic acids is 1. The molecule has 0 fully saturated rings. The predicted molar refractivity (Wildman–Crippen MR) is 76.2 cm³/mol. The molecule has 3 N–H and O–H groups in total. The van der Waals surface area contributed by atoms with Crippen LogP contribution in [0.5, 0.6) is 0 Å². The van der Waals surface area contributed by atoms with Crippen molar-refractivity contribution in [2.45, 2.75) is 44.6 Å². The molecule has 0 unspecified atom stereocenters. The van der Waals surface area contributed by atoms with E-state index in [9.17, 15) is 9.59 Å². The summed E-state index contributed by atoms with van der Waals surface area (Å²) in [7, 11) is 0. The molecule has 1 aliphatic carbocycles. The lowest BCUT2D eigenvalue weighted by Crippen LogP contribution is -2.36. The second-order valence-electron chi connectivity index (χ2n) is 5.04. The van der Waals surface area contributed by atoms with Gasteiger partial charge in [-0.25, -0.2) is 4.79 Å². The number of carboxylic acids is 1. The van der Waals surface area contributed by atoms with Gasteiger partial charge in [-0.3, -0.25) is 4.79 Å². The van der Waals surface area contributed by atoms with Crippen LogP contribution in [0.1, 0.15) is 45.8 Å².